The molecule has 0 aromatic carbocycles. The first-order valence-corrected chi connectivity index (χ1v) is 5.07. The minimum atomic E-state index is 0.769. The zero-order chi connectivity index (χ0) is 8.97. The molecule has 0 aliphatic heterocycles. The van der Waals surface area contributed by atoms with E-state index in [0.29, 0.717) is 0 Å². The molecule has 0 N–H and O–H groups in total. The fraction of sp³-hybridized carbons (Fsp3) is 0.667. The quantitative estimate of drug-likeness (QED) is 0.551. The van der Waals surface area contributed by atoms with Gasteiger partial charge < -0.3 is 0 Å². The Hall–Kier alpha value is -0.520. The van der Waals surface area contributed by atoms with Gasteiger partial charge in [0.25, 0.3) is 0 Å². The molecule has 0 saturated carbocycles. The fourth-order valence-electron chi connectivity index (χ4n) is 1.88. The van der Waals surface area contributed by atoms with Gasteiger partial charge >= 0.3 is 0 Å². The van der Waals surface area contributed by atoms with Crippen LogP contribution in [-0.4, -0.2) is 0 Å². The van der Waals surface area contributed by atoms with E-state index in [1.165, 1.54) is 37.7 Å². The van der Waals surface area contributed by atoms with E-state index >= 15 is 0 Å². The van der Waals surface area contributed by atoms with Crippen molar-refractivity contribution in [2.75, 3.05) is 0 Å². The van der Waals surface area contributed by atoms with Crippen molar-refractivity contribution in [1.29, 1.82) is 0 Å². The van der Waals surface area contributed by atoms with E-state index in [-0.39, 0.29) is 0 Å². The molecule has 1 aliphatic carbocycles. The maximum absolute atomic E-state index is 4.02. The zero-order valence-electron chi connectivity index (χ0n) is 8.40. The number of hydrogen-bond donors (Lipinski definition) is 0. The highest BCUT2D eigenvalue weighted by atomic mass is 14.2. The van der Waals surface area contributed by atoms with E-state index in [9.17, 15) is 0 Å². The molecule has 0 heteroatoms. The minimum absolute atomic E-state index is 0.769. The van der Waals surface area contributed by atoms with Gasteiger partial charge in [-0.05, 0) is 38.5 Å². The molecule has 0 aromatic heterocycles. The van der Waals surface area contributed by atoms with Crippen molar-refractivity contribution in [3.8, 4) is 0 Å². The Morgan fingerprint density at radius 2 is 2.42 bits per heavy atom. The van der Waals surface area contributed by atoms with Crippen LogP contribution in [0.3, 0.4) is 0 Å². The third-order valence-corrected chi connectivity index (χ3v) is 2.77. The minimum Gasteiger partial charge on any atom is -0.0998 e. The molecule has 0 nitrogen and oxygen atoms in total. The Morgan fingerprint density at radius 3 is 2.83 bits per heavy atom. The van der Waals surface area contributed by atoms with Crippen LogP contribution in [-0.2, 0) is 0 Å². The number of allylic oxidation sites excluding steroid dienone is 3. The van der Waals surface area contributed by atoms with Crippen LogP contribution in [0.1, 0.15) is 46.0 Å². The molecule has 1 unspecified atom stereocenters. The molecule has 0 fully saturated rings. The molecule has 68 valence electrons. The lowest BCUT2D eigenvalue weighted by atomic mass is 9.84. The van der Waals surface area contributed by atoms with Gasteiger partial charge in [-0.25, -0.2) is 0 Å². The average Bonchev–Trinajstić information content (AvgIpc) is 2.06. The zero-order valence-corrected chi connectivity index (χ0v) is 8.40. The van der Waals surface area contributed by atoms with Gasteiger partial charge in [-0.3, -0.25) is 0 Å². The van der Waals surface area contributed by atoms with Crippen LogP contribution in [0.15, 0.2) is 23.8 Å². The van der Waals surface area contributed by atoms with Gasteiger partial charge in [0.2, 0.25) is 0 Å². The van der Waals surface area contributed by atoms with Gasteiger partial charge in [0, 0.05) is 0 Å². The Balaban J connectivity index is 2.42. The second kappa shape index (κ2) is 4.49. The molecule has 1 atom stereocenters. The number of hydrogen-bond acceptors (Lipinski definition) is 0. The lowest BCUT2D eigenvalue weighted by molar-refractivity contribution is 0.530. The van der Waals surface area contributed by atoms with E-state index in [2.05, 4.69) is 26.5 Å². The van der Waals surface area contributed by atoms with E-state index in [1.807, 2.05) is 0 Å². The standard InChI is InChI=1S/C12H20/c1-4-5-11-6-8-12(9-7-11)10(2)3/h6,12H,2,4-5,7-9H2,1,3H3. The van der Waals surface area contributed by atoms with E-state index in [4.69, 9.17) is 0 Å². The van der Waals surface area contributed by atoms with Gasteiger partial charge in [0.1, 0.15) is 0 Å². The van der Waals surface area contributed by atoms with Crippen LogP contribution in [0, 0.1) is 5.92 Å². The van der Waals surface area contributed by atoms with Crippen molar-refractivity contribution in [3.63, 3.8) is 0 Å². The predicted octanol–water partition coefficient (Wildman–Crippen LogP) is 4.09. The van der Waals surface area contributed by atoms with Crippen LogP contribution < -0.4 is 0 Å². The van der Waals surface area contributed by atoms with Gasteiger partial charge in [-0.1, -0.05) is 37.1 Å². The van der Waals surface area contributed by atoms with Gasteiger partial charge in [-0.2, -0.15) is 0 Å². The third-order valence-electron chi connectivity index (χ3n) is 2.77. The Labute approximate surface area is 76.4 Å². The summed E-state index contributed by atoms with van der Waals surface area (Å²) in [6.45, 7) is 8.43. The SMILES string of the molecule is C=C(C)C1CC=C(CCC)CC1. The molecule has 1 aliphatic rings. The molecule has 12 heavy (non-hydrogen) atoms. The summed E-state index contributed by atoms with van der Waals surface area (Å²) in [7, 11) is 0. The Bertz CT molecular complexity index is 186. The van der Waals surface area contributed by atoms with Crippen molar-refractivity contribution in [2.45, 2.75) is 46.0 Å². The van der Waals surface area contributed by atoms with Crippen LogP contribution in [0.5, 0.6) is 0 Å². The van der Waals surface area contributed by atoms with Crippen molar-refractivity contribution in [2.24, 2.45) is 5.92 Å². The lowest BCUT2D eigenvalue weighted by Crippen LogP contribution is -2.06. The topological polar surface area (TPSA) is 0 Å². The largest absolute Gasteiger partial charge is 0.0998 e. The molecular formula is C12H20. The Morgan fingerprint density at radius 1 is 1.67 bits per heavy atom. The molecule has 0 spiro atoms. The fourth-order valence-corrected chi connectivity index (χ4v) is 1.88. The smallest absolute Gasteiger partial charge is 0.0171 e. The maximum Gasteiger partial charge on any atom is -0.0171 e. The second-order valence-corrected chi connectivity index (χ2v) is 3.93. The third kappa shape index (κ3) is 2.51. The molecule has 0 amide bonds. The molecule has 0 heterocycles. The molecule has 1 rings (SSSR count). The molecule has 0 radical (unpaired) electrons. The summed E-state index contributed by atoms with van der Waals surface area (Å²) in [5.41, 5.74) is 3.04. The number of rotatable bonds is 3. The highest BCUT2D eigenvalue weighted by Gasteiger charge is 2.13. The highest BCUT2D eigenvalue weighted by Crippen LogP contribution is 2.29. The molecule has 0 aromatic rings. The van der Waals surface area contributed by atoms with Crippen LogP contribution in [0.2, 0.25) is 0 Å². The summed E-state index contributed by atoms with van der Waals surface area (Å²) >= 11 is 0. The summed E-state index contributed by atoms with van der Waals surface area (Å²) in [5, 5.41) is 0. The summed E-state index contributed by atoms with van der Waals surface area (Å²) in [5.74, 6) is 0.769. The van der Waals surface area contributed by atoms with Crippen LogP contribution in [0.25, 0.3) is 0 Å². The molecule has 0 bridgehead atoms. The van der Waals surface area contributed by atoms with E-state index in [0.717, 1.165) is 5.92 Å². The first-order chi connectivity index (χ1) is 5.74. The van der Waals surface area contributed by atoms with Crippen molar-refractivity contribution in [1.82, 2.24) is 0 Å². The summed E-state index contributed by atoms with van der Waals surface area (Å²) in [6, 6.07) is 0. The van der Waals surface area contributed by atoms with Crippen molar-refractivity contribution >= 4 is 0 Å². The lowest BCUT2D eigenvalue weighted by Gasteiger charge is -2.21. The summed E-state index contributed by atoms with van der Waals surface area (Å²) in [4.78, 5) is 0. The van der Waals surface area contributed by atoms with Gasteiger partial charge in [-0.15, -0.1) is 0 Å². The van der Waals surface area contributed by atoms with Crippen molar-refractivity contribution in [3.05, 3.63) is 23.8 Å². The second-order valence-electron chi connectivity index (χ2n) is 3.93. The summed E-state index contributed by atoms with van der Waals surface area (Å²) in [6.07, 6.45) is 8.93. The predicted molar refractivity (Wildman–Crippen MR) is 55.1 cm³/mol. The normalized spacial score (nSPS) is 23.5. The van der Waals surface area contributed by atoms with Gasteiger partial charge in [0.05, 0.1) is 0 Å². The average molecular weight is 164 g/mol. The monoisotopic (exact) mass is 164 g/mol. The first-order valence-electron chi connectivity index (χ1n) is 5.07. The van der Waals surface area contributed by atoms with E-state index in [1.54, 1.807) is 5.57 Å². The van der Waals surface area contributed by atoms with Crippen LogP contribution in [0.4, 0.5) is 0 Å². The van der Waals surface area contributed by atoms with Gasteiger partial charge in [0.15, 0.2) is 0 Å². The van der Waals surface area contributed by atoms with Crippen LogP contribution >= 0.6 is 0 Å². The first kappa shape index (κ1) is 9.57. The molecular weight excluding hydrogens is 144 g/mol. The Kier molecular flexibility index (Phi) is 3.58. The highest BCUT2D eigenvalue weighted by molar-refractivity contribution is 5.11. The van der Waals surface area contributed by atoms with Crippen molar-refractivity contribution < 1.29 is 0 Å². The summed E-state index contributed by atoms with van der Waals surface area (Å²) < 4.78 is 0. The molecule has 0 saturated heterocycles. The maximum atomic E-state index is 4.02. The van der Waals surface area contributed by atoms with E-state index < -0.39 is 0 Å².